The maximum Gasteiger partial charge on any atom is 0.261 e. The first kappa shape index (κ1) is 14.5. The van der Waals surface area contributed by atoms with Crippen molar-refractivity contribution in [2.45, 2.75) is 4.90 Å². The van der Waals surface area contributed by atoms with Crippen molar-refractivity contribution in [3.8, 4) is 0 Å². The van der Waals surface area contributed by atoms with Crippen LogP contribution in [0, 0.1) is 0 Å². The average Bonchev–Trinajstić information content (AvgIpc) is 2.34. The van der Waals surface area contributed by atoms with E-state index in [0.717, 1.165) is 0 Å². The summed E-state index contributed by atoms with van der Waals surface area (Å²) in [5, 5.41) is 1.10. The highest BCUT2D eigenvalue weighted by Gasteiger charge is 2.14. The minimum Gasteiger partial charge on any atom is -0.280 e. The van der Waals surface area contributed by atoms with Gasteiger partial charge in [-0.05, 0) is 42.5 Å². The van der Waals surface area contributed by atoms with Gasteiger partial charge in [0.2, 0.25) is 0 Å². The van der Waals surface area contributed by atoms with E-state index in [2.05, 4.69) is 4.72 Å². The van der Waals surface area contributed by atoms with E-state index in [1.165, 1.54) is 42.5 Å². The molecule has 0 aromatic heterocycles. The summed E-state index contributed by atoms with van der Waals surface area (Å²) in [5.74, 6) is 0. The van der Waals surface area contributed by atoms with E-state index in [9.17, 15) is 8.42 Å². The first-order chi connectivity index (χ1) is 8.88. The van der Waals surface area contributed by atoms with Gasteiger partial charge in [0.1, 0.15) is 0 Å². The summed E-state index contributed by atoms with van der Waals surface area (Å²) >= 11 is 17.3. The topological polar surface area (TPSA) is 46.2 Å². The number of rotatable bonds is 3. The number of halogens is 3. The Morgan fingerprint density at radius 3 is 2.05 bits per heavy atom. The van der Waals surface area contributed by atoms with Crippen molar-refractivity contribution < 1.29 is 8.42 Å². The van der Waals surface area contributed by atoms with Crippen LogP contribution in [0.3, 0.4) is 0 Å². The molecule has 0 aliphatic heterocycles. The minimum atomic E-state index is -3.67. The molecule has 0 unspecified atom stereocenters. The molecule has 0 fully saturated rings. The number of hydrogen-bond acceptors (Lipinski definition) is 2. The zero-order valence-corrected chi connectivity index (χ0v) is 12.5. The van der Waals surface area contributed by atoms with Gasteiger partial charge in [0.25, 0.3) is 10.0 Å². The van der Waals surface area contributed by atoms with Crippen LogP contribution < -0.4 is 4.72 Å². The van der Waals surface area contributed by atoms with Crippen LogP contribution in [0.4, 0.5) is 5.69 Å². The van der Waals surface area contributed by atoms with Gasteiger partial charge in [0.05, 0.1) is 20.6 Å². The highest BCUT2D eigenvalue weighted by Crippen LogP contribution is 2.26. The molecule has 100 valence electrons. The molecule has 0 amide bonds. The van der Waals surface area contributed by atoms with Crippen LogP contribution in [0.1, 0.15) is 0 Å². The van der Waals surface area contributed by atoms with Gasteiger partial charge in [-0.25, -0.2) is 8.42 Å². The van der Waals surface area contributed by atoms with Crippen molar-refractivity contribution in [1.82, 2.24) is 0 Å². The summed E-state index contributed by atoms with van der Waals surface area (Å²) in [6.45, 7) is 0. The SMILES string of the molecule is O=S(=O)(Nc1ccc(Cl)c(Cl)c1)c1ccc(Cl)cc1. The Morgan fingerprint density at radius 1 is 0.842 bits per heavy atom. The van der Waals surface area contributed by atoms with Crippen LogP contribution in [0.25, 0.3) is 0 Å². The van der Waals surface area contributed by atoms with Crippen molar-refractivity contribution in [3.05, 3.63) is 57.5 Å². The number of sulfonamides is 1. The molecule has 0 bridgehead atoms. The molecule has 0 spiro atoms. The fraction of sp³-hybridized carbons (Fsp3) is 0. The second-order valence-corrected chi connectivity index (χ2v) is 6.62. The molecule has 0 heterocycles. The third-order valence-electron chi connectivity index (χ3n) is 2.30. The molecule has 19 heavy (non-hydrogen) atoms. The molecule has 0 radical (unpaired) electrons. The lowest BCUT2D eigenvalue weighted by Crippen LogP contribution is -2.12. The van der Waals surface area contributed by atoms with E-state index < -0.39 is 10.0 Å². The van der Waals surface area contributed by atoms with Crippen LogP contribution in [0.15, 0.2) is 47.4 Å². The predicted octanol–water partition coefficient (Wildman–Crippen LogP) is 4.45. The lowest BCUT2D eigenvalue weighted by atomic mass is 10.3. The van der Waals surface area contributed by atoms with E-state index in [4.69, 9.17) is 34.8 Å². The molecule has 0 saturated heterocycles. The van der Waals surface area contributed by atoms with Crippen molar-refractivity contribution in [2.75, 3.05) is 4.72 Å². The van der Waals surface area contributed by atoms with E-state index in [0.29, 0.717) is 15.7 Å². The van der Waals surface area contributed by atoms with Crippen molar-refractivity contribution in [2.24, 2.45) is 0 Å². The van der Waals surface area contributed by atoms with E-state index in [-0.39, 0.29) is 9.92 Å². The normalized spacial score (nSPS) is 11.3. The highest BCUT2D eigenvalue weighted by molar-refractivity contribution is 7.92. The molecule has 0 aliphatic carbocycles. The van der Waals surface area contributed by atoms with Gasteiger partial charge in [-0.2, -0.15) is 0 Å². The molecule has 1 N–H and O–H groups in total. The van der Waals surface area contributed by atoms with Crippen LogP contribution >= 0.6 is 34.8 Å². The fourth-order valence-corrected chi connectivity index (χ4v) is 2.86. The average molecular weight is 337 g/mol. The first-order valence-corrected chi connectivity index (χ1v) is 7.73. The third-order valence-corrected chi connectivity index (χ3v) is 4.68. The minimum absolute atomic E-state index is 0.114. The summed E-state index contributed by atoms with van der Waals surface area (Å²) in [4.78, 5) is 0.114. The molecule has 3 nitrogen and oxygen atoms in total. The molecule has 0 atom stereocenters. The zero-order valence-electron chi connectivity index (χ0n) is 9.40. The lowest BCUT2D eigenvalue weighted by Gasteiger charge is -2.08. The number of benzene rings is 2. The molecule has 7 heteroatoms. The van der Waals surface area contributed by atoms with E-state index in [1.54, 1.807) is 0 Å². The molecule has 2 aromatic rings. The van der Waals surface area contributed by atoms with Crippen LogP contribution in [-0.2, 0) is 10.0 Å². The predicted molar refractivity (Wildman–Crippen MR) is 78.7 cm³/mol. The molecule has 0 saturated carbocycles. The number of anilines is 1. The molecule has 2 rings (SSSR count). The van der Waals surface area contributed by atoms with Crippen molar-refractivity contribution >= 4 is 50.5 Å². The maximum absolute atomic E-state index is 12.1. The molecular formula is C12H8Cl3NO2S. The van der Waals surface area contributed by atoms with Crippen LogP contribution in [0.5, 0.6) is 0 Å². The summed E-state index contributed by atoms with van der Waals surface area (Å²) in [5.41, 5.74) is 0.337. The zero-order chi connectivity index (χ0) is 14.0. The molecular weight excluding hydrogens is 329 g/mol. The Morgan fingerprint density at radius 2 is 1.47 bits per heavy atom. The second kappa shape index (κ2) is 5.59. The number of hydrogen-bond donors (Lipinski definition) is 1. The standard InChI is InChI=1S/C12H8Cl3NO2S/c13-8-1-4-10(5-2-8)19(17,18)16-9-3-6-11(14)12(15)7-9/h1-7,16H. The summed E-state index contributed by atoms with van der Waals surface area (Å²) < 4.78 is 26.6. The van der Waals surface area contributed by atoms with Gasteiger partial charge in [-0.1, -0.05) is 34.8 Å². The Kier molecular flexibility index (Phi) is 4.26. The van der Waals surface area contributed by atoms with Crippen LogP contribution in [-0.4, -0.2) is 8.42 Å². The fourth-order valence-electron chi connectivity index (χ4n) is 1.39. The van der Waals surface area contributed by atoms with Gasteiger partial charge < -0.3 is 0 Å². The van der Waals surface area contributed by atoms with E-state index in [1.807, 2.05) is 0 Å². The van der Waals surface area contributed by atoms with Crippen LogP contribution in [0.2, 0.25) is 15.1 Å². The monoisotopic (exact) mass is 335 g/mol. The molecule has 2 aromatic carbocycles. The van der Waals surface area contributed by atoms with Crippen molar-refractivity contribution in [1.29, 1.82) is 0 Å². The lowest BCUT2D eigenvalue weighted by molar-refractivity contribution is 0.601. The Balaban J connectivity index is 2.30. The summed E-state index contributed by atoms with van der Waals surface area (Å²) in [6, 6.07) is 10.3. The quantitative estimate of drug-likeness (QED) is 0.900. The Bertz CT molecular complexity index is 699. The Labute approximate surface area is 126 Å². The second-order valence-electron chi connectivity index (χ2n) is 3.69. The third kappa shape index (κ3) is 3.54. The van der Waals surface area contributed by atoms with Gasteiger partial charge >= 0.3 is 0 Å². The van der Waals surface area contributed by atoms with Gasteiger partial charge in [0, 0.05) is 5.02 Å². The highest BCUT2D eigenvalue weighted by atomic mass is 35.5. The van der Waals surface area contributed by atoms with E-state index >= 15 is 0 Å². The van der Waals surface area contributed by atoms with Gasteiger partial charge in [0.15, 0.2) is 0 Å². The summed E-state index contributed by atoms with van der Waals surface area (Å²) in [6.07, 6.45) is 0. The largest absolute Gasteiger partial charge is 0.280 e. The van der Waals surface area contributed by atoms with Gasteiger partial charge in [-0.15, -0.1) is 0 Å². The maximum atomic E-state index is 12.1. The Hall–Kier alpha value is -0.940. The first-order valence-electron chi connectivity index (χ1n) is 5.12. The van der Waals surface area contributed by atoms with Crippen molar-refractivity contribution in [3.63, 3.8) is 0 Å². The summed E-state index contributed by atoms with van der Waals surface area (Å²) in [7, 11) is -3.67. The number of nitrogens with one attached hydrogen (secondary N) is 1. The van der Waals surface area contributed by atoms with Gasteiger partial charge in [-0.3, -0.25) is 4.72 Å². The smallest absolute Gasteiger partial charge is 0.261 e. The molecule has 0 aliphatic rings.